The molecule has 72 valence electrons. The Hall–Kier alpha value is -1.06. The smallest absolute Gasteiger partial charge is 0.0805 e. The van der Waals surface area contributed by atoms with E-state index in [0.717, 1.165) is 30.2 Å². The van der Waals surface area contributed by atoms with Gasteiger partial charge >= 0.3 is 0 Å². The van der Waals surface area contributed by atoms with Crippen molar-refractivity contribution in [3.8, 4) is 0 Å². The summed E-state index contributed by atoms with van der Waals surface area (Å²) in [6.45, 7) is 1.91. The third-order valence-electron chi connectivity index (χ3n) is 2.62. The SMILES string of the molecule is Clc1ccc2c3c(nn2c1)CNCC3. The number of pyridine rings is 1. The minimum absolute atomic E-state index is 0.727. The molecule has 3 nitrogen and oxygen atoms in total. The quantitative estimate of drug-likeness (QED) is 0.712. The number of nitrogens with one attached hydrogen (secondary N) is 1. The zero-order chi connectivity index (χ0) is 9.54. The molecule has 0 atom stereocenters. The fourth-order valence-corrected chi connectivity index (χ4v) is 2.11. The van der Waals surface area contributed by atoms with Crippen molar-refractivity contribution in [1.29, 1.82) is 0 Å². The molecule has 0 saturated heterocycles. The van der Waals surface area contributed by atoms with Crippen LogP contribution in [0.1, 0.15) is 11.3 Å². The highest BCUT2D eigenvalue weighted by Crippen LogP contribution is 2.20. The van der Waals surface area contributed by atoms with Crippen molar-refractivity contribution in [2.45, 2.75) is 13.0 Å². The van der Waals surface area contributed by atoms with Crippen LogP contribution in [-0.2, 0) is 13.0 Å². The van der Waals surface area contributed by atoms with Crippen LogP contribution in [0.3, 0.4) is 0 Å². The van der Waals surface area contributed by atoms with Crippen LogP contribution in [0.15, 0.2) is 18.3 Å². The average molecular weight is 208 g/mol. The summed E-state index contributed by atoms with van der Waals surface area (Å²) in [6, 6.07) is 3.96. The standard InChI is InChI=1S/C10H10ClN3/c11-7-1-2-10-8-3-4-12-5-9(8)13-14(10)6-7/h1-2,6,12H,3-5H2. The highest BCUT2D eigenvalue weighted by molar-refractivity contribution is 6.30. The summed E-state index contributed by atoms with van der Waals surface area (Å²) >= 11 is 5.91. The summed E-state index contributed by atoms with van der Waals surface area (Å²) in [4.78, 5) is 0. The van der Waals surface area contributed by atoms with Gasteiger partial charge in [0.2, 0.25) is 0 Å². The number of rotatable bonds is 0. The van der Waals surface area contributed by atoms with E-state index in [9.17, 15) is 0 Å². The molecule has 0 radical (unpaired) electrons. The van der Waals surface area contributed by atoms with Crippen molar-refractivity contribution in [2.24, 2.45) is 0 Å². The van der Waals surface area contributed by atoms with E-state index in [1.165, 1.54) is 11.1 Å². The second-order valence-corrected chi connectivity index (χ2v) is 3.97. The molecule has 3 heterocycles. The predicted molar refractivity (Wildman–Crippen MR) is 55.6 cm³/mol. The predicted octanol–water partition coefficient (Wildman–Crippen LogP) is 1.63. The lowest BCUT2D eigenvalue weighted by Crippen LogP contribution is -2.22. The van der Waals surface area contributed by atoms with Gasteiger partial charge in [-0.05, 0) is 25.1 Å². The molecule has 0 aliphatic carbocycles. The Morgan fingerprint density at radius 2 is 2.36 bits per heavy atom. The van der Waals surface area contributed by atoms with E-state index in [1.807, 2.05) is 22.8 Å². The van der Waals surface area contributed by atoms with E-state index in [4.69, 9.17) is 11.6 Å². The lowest BCUT2D eigenvalue weighted by Gasteiger charge is -2.10. The Morgan fingerprint density at radius 1 is 1.43 bits per heavy atom. The van der Waals surface area contributed by atoms with Crippen LogP contribution >= 0.6 is 11.6 Å². The fraction of sp³-hybridized carbons (Fsp3) is 0.300. The Balaban J connectivity index is 2.31. The minimum atomic E-state index is 0.727. The highest BCUT2D eigenvalue weighted by atomic mass is 35.5. The maximum atomic E-state index is 5.91. The van der Waals surface area contributed by atoms with E-state index >= 15 is 0 Å². The monoisotopic (exact) mass is 207 g/mol. The Kier molecular flexibility index (Phi) is 1.75. The van der Waals surface area contributed by atoms with Gasteiger partial charge in [0, 0.05) is 18.3 Å². The molecule has 14 heavy (non-hydrogen) atoms. The Bertz CT molecular complexity index is 489. The third-order valence-corrected chi connectivity index (χ3v) is 2.85. The summed E-state index contributed by atoms with van der Waals surface area (Å²) < 4.78 is 1.88. The van der Waals surface area contributed by atoms with Crippen molar-refractivity contribution >= 4 is 17.1 Å². The van der Waals surface area contributed by atoms with Gasteiger partial charge in [-0.2, -0.15) is 5.10 Å². The highest BCUT2D eigenvalue weighted by Gasteiger charge is 2.15. The van der Waals surface area contributed by atoms with E-state index in [1.54, 1.807) is 0 Å². The molecular formula is C10H10ClN3. The van der Waals surface area contributed by atoms with Gasteiger partial charge in [-0.3, -0.25) is 0 Å². The molecule has 0 aromatic carbocycles. The van der Waals surface area contributed by atoms with Gasteiger partial charge in [-0.25, -0.2) is 4.52 Å². The van der Waals surface area contributed by atoms with Crippen molar-refractivity contribution in [2.75, 3.05) is 6.54 Å². The summed E-state index contributed by atoms with van der Waals surface area (Å²) in [5.74, 6) is 0. The zero-order valence-corrected chi connectivity index (χ0v) is 8.38. The normalized spacial score (nSPS) is 15.8. The van der Waals surface area contributed by atoms with E-state index in [-0.39, 0.29) is 0 Å². The van der Waals surface area contributed by atoms with Gasteiger partial charge < -0.3 is 5.32 Å². The first-order chi connectivity index (χ1) is 6.84. The molecule has 0 unspecified atom stereocenters. The van der Waals surface area contributed by atoms with Gasteiger partial charge in [-0.15, -0.1) is 0 Å². The zero-order valence-electron chi connectivity index (χ0n) is 7.63. The number of hydrogen-bond donors (Lipinski definition) is 1. The largest absolute Gasteiger partial charge is 0.311 e. The van der Waals surface area contributed by atoms with E-state index in [0.29, 0.717) is 0 Å². The molecule has 2 aromatic rings. The van der Waals surface area contributed by atoms with E-state index in [2.05, 4.69) is 10.4 Å². The lowest BCUT2D eigenvalue weighted by atomic mass is 10.1. The van der Waals surface area contributed by atoms with Crippen LogP contribution in [0.2, 0.25) is 5.02 Å². The summed E-state index contributed by atoms with van der Waals surface area (Å²) in [5.41, 5.74) is 3.70. The van der Waals surface area contributed by atoms with Crippen LogP contribution < -0.4 is 5.32 Å². The maximum absolute atomic E-state index is 5.91. The average Bonchev–Trinajstić information content (AvgIpc) is 2.54. The molecule has 1 N–H and O–H groups in total. The minimum Gasteiger partial charge on any atom is -0.311 e. The molecule has 0 fully saturated rings. The second-order valence-electron chi connectivity index (χ2n) is 3.53. The van der Waals surface area contributed by atoms with Crippen LogP contribution in [0.4, 0.5) is 0 Å². The van der Waals surface area contributed by atoms with Crippen molar-refractivity contribution in [1.82, 2.24) is 14.9 Å². The van der Waals surface area contributed by atoms with Crippen LogP contribution in [0, 0.1) is 0 Å². The van der Waals surface area contributed by atoms with Gasteiger partial charge in [0.1, 0.15) is 0 Å². The van der Waals surface area contributed by atoms with Crippen molar-refractivity contribution < 1.29 is 0 Å². The first-order valence-electron chi connectivity index (χ1n) is 4.71. The molecule has 4 heteroatoms. The molecule has 0 saturated carbocycles. The maximum Gasteiger partial charge on any atom is 0.0805 e. The molecule has 0 spiro atoms. The Morgan fingerprint density at radius 3 is 3.29 bits per heavy atom. The third kappa shape index (κ3) is 1.13. The number of nitrogens with zero attached hydrogens (tertiary/aromatic N) is 2. The van der Waals surface area contributed by atoms with Gasteiger partial charge in [0.05, 0.1) is 16.2 Å². The summed E-state index contributed by atoms with van der Waals surface area (Å²) in [5, 5.41) is 8.52. The number of halogens is 1. The van der Waals surface area contributed by atoms with Crippen LogP contribution in [-0.4, -0.2) is 16.2 Å². The molecule has 1 aliphatic rings. The molecule has 0 bridgehead atoms. The molecule has 1 aliphatic heterocycles. The van der Waals surface area contributed by atoms with E-state index < -0.39 is 0 Å². The summed E-state index contributed by atoms with van der Waals surface area (Å²) in [6.07, 6.45) is 2.91. The van der Waals surface area contributed by atoms with Gasteiger partial charge in [0.15, 0.2) is 0 Å². The molecule has 0 amide bonds. The number of aromatic nitrogens is 2. The van der Waals surface area contributed by atoms with Crippen molar-refractivity contribution in [3.05, 3.63) is 34.6 Å². The second kappa shape index (κ2) is 2.97. The van der Waals surface area contributed by atoms with Gasteiger partial charge in [0.25, 0.3) is 0 Å². The van der Waals surface area contributed by atoms with Gasteiger partial charge in [-0.1, -0.05) is 11.6 Å². The molecule has 2 aromatic heterocycles. The lowest BCUT2D eigenvalue weighted by molar-refractivity contribution is 0.631. The topological polar surface area (TPSA) is 29.3 Å². The Labute approximate surface area is 86.7 Å². The molecule has 3 rings (SSSR count). The first-order valence-corrected chi connectivity index (χ1v) is 5.09. The van der Waals surface area contributed by atoms with Crippen LogP contribution in [0.25, 0.3) is 5.52 Å². The number of fused-ring (bicyclic) bond motifs is 3. The summed E-state index contributed by atoms with van der Waals surface area (Å²) in [7, 11) is 0. The fourth-order valence-electron chi connectivity index (χ4n) is 1.96. The van der Waals surface area contributed by atoms with Crippen LogP contribution in [0.5, 0.6) is 0 Å². The van der Waals surface area contributed by atoms with Crippen molar-refractivity contribution in [3.63, 3.8) is 0 Å². The molecular weight excluding hydrogens is 198 g/mol. The number of hydrogen-bond acceptors (Lipinski definition) is 2. The first kappa shape index (κ1) is 8.26.